The van der Waals surface area contributed by atoms with E-state index in [9.17, 15) is 4.39 Å². The number of nitrogens with one attached hydrogen (secondary N) is 1. The van der Waals surface area contributed by atoms with Crippen molar-refractivity contribution in [3.63, 3.8) is 0 Å². The first-order valence-corrected chi connectivity index (χ1v) is 5.70. The van der Waals surface area contributed by atoms with Crippen LogP contribution in [0.2, 0.25) is 0 Å². The molecule has 0 aromatic heterocycles. The van der Waals surface area contributed by atoms with Gasteiger partial charge in [0.05, 0.1) is 0 Å². The van der Waals surface area contributed by atoms with E-state index in [1.165, 1.54) is 6.07 Å². The van der Waals surface area contributed by atoms with Crippen LogP contribution in [0.5, 0.6) is 0 Å². The molecule has 1 atom stereocenters. The van der Waals surface area contributed by atoms with Crippen LogP contribution >= 0.6 is 0 Å². The highest BCUT2D eigenvalue weighted by Gasteiger charge is 2.09. The van der Waals surface area contributed by atoms with Crippen molar-refractivity contribution in [3.05, 3.63) is 29.1 Å². The molecule has 0 fully saturated rings. The highest BCUT2D eigenvalue weighted by atomic mass is 19.1. The second-order valence-corrected chi connectivity index (χ2v) is 4.02. The Morgan fingerprint density at radius 1 is 1.38 bits per heavy atom. The van der Waals surface area contributed by atoms with Gasteiger partial charge in [0.15, 0.2) is 0 Å². The van der Waals surface area contributed by atoms with E-state index in [-0.39, 0.29) is 12.0 Å². The van der Waals surface area contributed by atoms with Gasteiger partial charge in [-0.2, -0.15) is 0 Å². The summed E-state index contributed by atoms with van der Waals surface area (Å²) in [5, 5.41) is 3.19. The molecule has 0 aliphatic heterocycles. The third kappa shape index (κ3) is 3.20. The minimum absolute atomic E-state index is 0.0980. The van der Waals surface area contributed by atoms with E-state index in [2.05, 4.69) is 12.2 Å². The normalized spacial score (nSPS) is 12.6. The number of hydrogen-bond acceptors (Lipinski definition) is 2. The van der Waals surface area contributed by atoms with E-state index in [0.29, 0.717) is 12.2 Å². The summed E-state index contributed by atoms with van der Waals surface area (Å²) in [6.07, 6.45) is 0.881. The van der Waals surface area contributed by atoms with Crippen LogP contribution < -0.4 is 5.32 Å². The van der Waals surface area contributed by atoms with Gasteiger partial charge in [0.25, 0.3) is 0 Å². The predicted molar refractivity (Wildman–Crippen MR) is 65.2 cm³/mol. The Balaban J connectivity index is 2.76. The minimum atomic E-state index is -0.184. The van der Waals surface area contributed by atoms with Crippen LogP contribution in [0.1, 0.15) is 31.4 Å². The lowest BCUT2D eigenvalue weighted by atomic mass is 10.1. The lowest BCUT2D eigenvalue weighted by Crippen LogP contribution is -2.21. The van der Waals surface area contributed by atoms with Crippen LogP contribution in [0.3, 0.4) is 0 Å². The first-order chi connectivity index (χ1) is 7.56. The molecule has 0 heterocycles. The van der Waals surface area contributed by atoms with E-state index in [4.69, 9.17) is 4.74 Å². The highest BCUT2D eigenvalue weighted by molar-refractivity contribution is 5.57. The van der Waals surface area contributed by atoms with Gasteiger partial charge < -0.3 is 10.1 Å². The van der Waals surface area contributed by atoms with Crippen LogP contribution in [-0.2, 0) is 4.74 Å². The van der Waals surface area contributed by atoms with Crippen LogP contribution in [0, 0.1) is 19.7 Å². The summed E-state index contributed by atoms with van der Waals surface area (Å²) in [7, 11) is 0. The predicted octanol–water partition coefficient (Wildman–Crippen LogP) is 3.63. The Kier molecular flexibility index (Phi) is 4.74. The number of anilines is 1. The number of benzene rings is 1. The zero-order valence-corrected chi connectivity index (χ0v) is 10.4. The lowest BCUT2D eigenvalue weighted by molar-refractivity contribution is 0.0852. The fourth-order valence-electron chi connectivity index (χ4n) is 1.58. The molecular weight excluding hydrogens is 205 g/mol. The van der Waals surface area contributed by atoms with Crippen molar-refractivity contribution in [1.82, 2.24) is 0 Å². The fourth-order valence-corrected chi connectivity index (χ4v) is 1.58. The summed E-state index contributed by atoms with van der Waals surface area (Å²) < 4.78 is 18.9. The maximum absolute atomic E-state index is 13.4. The van der Waals surface area contributed by atoms with Crippen LogP contribution in [0.15, 0.2) is 12.1 Å². The number of aryl methyl sites for hydroxylation is 1. The monoisotopic (exact) mass is 225 g/mol. The topological polar surface area (TPSA) is 21.3 Å². The fraction of sp³-hybridized carbons (Fsp3) is 0.538. The van der Waals surface area contributed by atoms with Crippen molar-refractivity contribution in [2.24, 2.45) is 0 Å². The molecule has 0 bridgehead atoms. The summed E-state index contributed by atoms with van der Waals surface area (Å²) in [5.74, 6) is -0.184. The number of halogens is 1. The molecule has 1 aromatic rings. The molecule has 16 heavy (non-hydrogen) atoms. The Hall–Kier alpha value is -1.09. The summed E-state index contributed by atoms with van der Waals surface area (Å²) in [6.45, 7) is 8.44. The maximum atomic E-state index is 13.4. The Morgan fingerprint density at radius 2 is 2.06 bits per heavy atom. The van der Waals surface area contributed by atoms with Gasteiger partial charge in [-0.15, -0.1) is 0 Å². The summed E-state index contributed by atoms with van der Waals surface area (Å²) >= 11 is 0. The van der Waals surface area contributed by atoms with Gasteiger partial charge in [-0.3, -0.25) is 0 Å². The molecule has 0 aliphatic carbocycles. The molecule has 1 rings (SSSR count). The molecule has 0 spiro atoms. The number of rotatable bonds is 5. The average molecular weight is 225 g/mol. The van der Waals surface area contributed by atoms with Gasteiger partial charge in [0.1, 0.15) is 12.0 Å². The summed E-state index contributed by atoms with van der Waals surface area (Å²) in [6, 6.07) is 3.27. The van der Waals surface area contributed by atoms with Crippen molar-refractivity contribution < 1.29 is 9.13 Å². The van der Waals surface area contributed by atoms with E-state index in [1.54, 1.807) is 13.0 Å². The molecule has 0 saturated carbocycles. The van der Waals surface area contributed by atoms with Crippen LogP contribution in [0.25, 0.3) is 0 Å². The maximum Gasteiger partial charge on any atom is 0.128 e. The second kappa shape index (κ2) is 5.85. The number of ether oxygens (including phenoxy) is 1. The van der Waals surface area contributed by atoms with Crippen molar-refractivity contribution in [2.45, 2.75) is 40.3 Å². The standard InChI is InChI=1S/C13H20FNO/c1-5-8-16-11(4)15-13-9(2)6-7-12(14)10(13)3/h6-7,11,15H,5,8H2,1-4H3. The molecule has 1 unspecified atom stereocenters. The lowest BCUT2D eigenvalue weighted by Gasteiger charge is -2.19. The molecule has 0 radical (unpaired) electrons. The Bertz CT molecular complexity index is 352. The minimum Gasteiger partial charge on any atom is -0.360 e. The van der Waals surface area contributed by atoms with E-state index in [1.807, 2.05) is 13.8 Å². The molecular formula is C13H20FNO. The molecule has 90 valence electrons. The Labute approximate surface area is 96.8 Å². The molecule has 0 amide bonds. The van der Waals surface area contributed by atoms with Gasteiger partial charge in [-0.05, 0) is 38.8 Å². The van der Waals surface area contributed by atoms with Gasteiger partial charge in [-0.1, -0.05) is 13.0 Å². The van der Waals surface area contributed by atoms with Gasteiger partial charge in [-0.25, -0.2) is 4.39 Å². The smallest absolute Gasteiger partial charge is 0.128 e. The SMILES string of the molecule is CCCOC(C)Nc1c(C)ccc(F)c1C. The third-order valence-corrected chi connectivity index (χ3v) is 2.53. The Morgan fingerprint density at radius 3 is 2.69 bits per heavy atom. The van der Waals surface area contributed by atoms with E-state index in [0.717, 1.165) is 17.7 Å². The molecule has 0 aliphatic rings. The zero-order valence-electron chi connectivity index (χ0n) is 10.4. The highest BCUT2D eigenvalue weighted by Crippen LogP contribution is 2.23. The molecule has 3 heteroatoms. The average Bonchev–Trinajstić information content (AvgIpc) is 2.27. The van der Waals surface area contributed by atoms with Gasteiger partial charge in [0, 0.05) is 17.9 Å². The zero-order chi connectivity index (χ0) is 12.1. The number of hydrogen-bond donors (Lipinski definition) is 1. The summed E-state index contributed by atoms with van der Waals surface area (Å²) in [4.78, 5) is 0. The van der Waals surface area contributed by atoms with Crippen molar-refractivity contribution in [1.29, 1.82) is 0 Å². The van der Waals surface area contributed by atoms with Crippen LogP contribution in [-0.4, -0.2) is 12.8 Å². The van der Waals surface area contributed by atoms with Crippen LogP contribution in [0.4, 0.5) is 10.1 Å². The first-order valence-electron chi connectivity index (χ1n) is 5.70. The van der Waals surface area contributed by atoms with Crippen molar-refractivity contribution in [3.8, 4) is 0 Å². The molecule has 2 nitrogen and oxygen atoms in total. The van der Waals surface area contributed by atoms with Crippen molar-refractivity contribution in [2.75, 3.05) is 11.9 Å². The van der Waals surface area contributed by atoms with Crippen molar-refractivity contribution >= 4 is 5.69 Å². The largest absolute Gasteiger partial charge is 0.360 e. The molecule has 1 aromatic carbocycles. The quantitative estimate of drug-likeness (QED) is 0.773. The summed E-state index contributed by atoms with van der Waals surface area (Å²) in [5.41, 5.74) is 2.52. The first kappa shape index (κ1) is 13.0. The third-order valence-electron chi connectivity index (χ3n) is 2.53. The van der Waals surface area contributed by atoms with E-state index < -0.39 is 0 Å². The second-order valence-electron chi connectivity index (χ2n) is 4.02. The van der Waals surface area contributed by atoms with Gasteiger partial charge in [0.2, 0.25) is 0 Å². The van der Waals surface area contributed by atoms with Gasteiger partial charge >= 0.3 is 0 Å². The molecule has 0 saturated heterocycles. The van der Waals surface area contributed by atoms with E-state index >= 15 is 0 Å². The molecule has 1 N–H and O–H groups in total.